The lowest BCUT2D eigenvalue weighted by molar-refractivity contribution is -0.132. The number of benzene rings is 2. The molecule has 1 N–H and O–H groups in total. The van der Waals surface area contributed by atoms with Crippen molar-refractivity contribution in [2.24, 2.45) is 0 Å². The van der Waals surface area contributed by atoms with E-state index in [-0.39, 0.29) is 18.4 Å². The second-order valence-corrected chi connectivity index (χ2v) is 9.22. The number of hydrogen-bond acceptors (Lipinski definition) is 6. The van der Waals surface area contributed by atoms with Gasteiger partial charge in [0.05, 0.1) is 23.1 Å². The molecule has 0 radical (unpaired) electrons. The molecule has 2 amide bonds. The molecule has 0 saturated carbocycles. The third-order valence-corrected chi connectivity index (χ3v) is 6.47. The van der Waals surface area contributed by atoms with E-state index < -0.39 is 0 Å². The number of carbonyl (C=O) groups excluding carboxylic acids is 2. The van der Waals surface area contributed by atoms with Crippen LogP contribution in [0.2, 0.25) is 0 Å². The summed E-state index contributed by atoms with van der Waals surface area (Å²) in [7, 11) is 0. The van der Waals surface area contributed by atoms with Crippen LogP contribution in [-0.4, -0.2) is 57.7 Å². The molecule has 38 heavy (non-hydrogen) atoms. The summed E-state index contributed by atoms with van der Waals surface area (Å²) in [6, 6.07) is 22.4. The van der Waals surface area contributed by atoms with Crippen LogP contribution in [-0.2, 0) is 11.3 Å². The molecule has 0 bridgehead atoms. The summed E-state index contributed by atoms with van der Waals surface area (Å²) in [5, 5.41) is 7.33. The third-order valence-electron chi connectivity index (χ3n) is 6.47. The fourth-order valence-corrected chi connectivity index (χ4v) is 4.52. The molecule has 0 aliphatic carbocycles. The van der Waals surface area contributed by atoms with Crippen LogP contribution in [0.4, 0.5) is 11.4 Å². The third kappa shape index (κ3) is 5.83. The Labute approximate surface area is 221 Å². The van der Waals surface area contributed by atoms with Gasteiger partial charge in [-0.15, -0.1) is 0 Å². The van der Waals surface area contributed by atoms with Gasteiger partial charge in [0.2, 0.25) is 11.8 Å². The topological polar surface area (TPSA) is 92.6 Å². The highest BCUT2D eigenvalue weighted by molar-refractivity contribution is 6.08. The smallest absolute Gasteiger partial charge is 0.257 e. The van der Waals surface area contributed by atoms with Gasteiger partial charge >= 0.3 is 0 Å². The van der Waals surface area contributed by atoms with Gasteiger partial charge in [0, 0.05) is 43.6 Å². The zero-order chi connectivity index (χ0) is 26.5. The van der Waals surface area contributed by atoms with E-state index >= 15 is 0 Å². The fourth-order valence-electron chi connectivity index (χ4n) is 4.52. The number of aryl methyl sites for hydroxylation is 2. The standard InChI is InChI=1S/C29H30N6O3/c1-21-18-22(2)35(32-21)20-28(36)34-16-14-33(15-17-34)26-11-7-6-10-25(26)29(37)31-23-12-13-27(30-19-23)38-24-8-4-3-5-9-24/h3-13,18-19H,14-17,20H2,1-2H3,(H,31,37). The zero-order valence-corrected chi connectivity index (χ0v) is 21.5. The minimum atomic E-state index is -0.220. The molecule has 0 atom stereocenters. The summed E-state index contributed by atoms with van der Waals surface area (Å²) in [4.78, 5) is 34.4. The van der Waals surface area contributed by atoms with E-state index in [1.807, 2.05) is 79.4 Å². The number of aromatic nitrogens is 3. The summed E-state index contributed by atoms with van der Waals surface area (Å²) in [5.74, 6) is 0.968. The summed E-state index contributed by atoms with van der Waals surface area (Å²) in [6.45, 7) is 6.56. The molecule has 2 aromatic carbocycles. The van der Waals surface area contributed by atoms with Crippen molar-refractivity contribution < 1.29 is 14.3 Å². The highest BCUT2D eigenvalue weighted by atomic mass is 16.5. The SMILES string of the molecule is Cc1cc(C)n(CC(=O)N2CCN(c3ccccc3C(=O)Nc3ccc(Oc4ccccc4)nc3)CC2)n1. The Bertz CT molecular complexity index is 1410. The van der Waals surface area contributed by atoms with Gasteiger partial charge in [-0.05, 0) is 50.2 Å². The average molecular weight is 511 g/mol. The van der Waals surface area contributed by atoms with Crippen LogP contribution < -0.4 is 15.0 Å². The molecule has 1 fully saturated rings. The molecule has 4 aromatic rings. The highest BCUT2D eigenvalue weighted by Gasteiger charge is 2.24. The van der Waals surface area contributed by atoms with Gasteiger partial charge in [-0.3, -0.25) is 14.3 Å². The van der Waals surface area contributed by atoms with Crippen molar-refractivity contribution in [3.05, 3.63) is 95.9 Å². The minimum absolute atomic E-state index is 0.0501. The molecular formula is C29H30N6O3. The zero-order valence-electron chi connectivity index (χ0n) is 21.5. The van der Waals surface area contributed by atoms with Gasteiger partial charge in [0.1, 0.15) is 12.3 Å². The number of nitrogens with zero attached hydrogens (tertiary/aromatic N) is 5. The fraction of sp³-hybridized carbons (Fsp3) is 0.241. The first-order valence-corrected chi connectivity index (χ1v) is 12.6. The number of hydrogen-bond donors (Lipinski definition) is 1. The number of pyridine rings is 1. The molecule has 3 heterocycles. The summed E-state index contributed by atoms with van der Waals surface area (Å²) in [5.41, 5.74) is 3.86. The maximum Gasteiger partial charge on any atom is 0.257 e. The summed E-state index contributed by atoms with van der Waals surface area (Å²) < 4.78 is 7.47. The number of carbonyl (C=O) groups is 2. The second kappa shape index (κ2) is 11.2. The van der Waals surface area contributed by atoms with E-state index in [1.54, 1.807) is 23.0 Å². The highest BCUT2D eigenvalue weighted by Crippen LogP contribution is 2.24. The lowest BCUT2D eigenvalue weighted by Crippen LogP contribution is -2.50. The van der Waals surface area contributed by atoms with Crippen molar-refractivity contribution in [1.29, 1.82) is 0 Å². The van der Waals surface area contributed by atoms with Gasteiger partial charge < -0.3 is 19.9 Å². The molecule has 0 spiro atoms. The first kappa shape index (κ1) is 25.0. The van der Waals surface area contributed by atoms with Crippen LogP contribution in [0, 0.1) is 13.8 Å². The quantitative estimate of drug-likeness (QED) is 0.399. The van der Waals surface area contributed by atoms with Crippen LogP contribution in [0.5, 0.6) is 11.6 Å². The number of piperazine rings is 1. The molecule has 1 aliphatic heterocycles. The van der Waals surface area contributed by atoms with Gasteiger partial charge in [0.25, 0.3) is 5.91 Å². The lowest BCUT2D eigenvalue weighted by Gasteiger charge is -2.37. The Morgan fingerprint density at radius 3 is 2.34 bits per heavy atom. The van der Waals surface area contributed by atoms with Crippen molar-refractivity contribution in [2.45, 2.75) is 20.4 Å². The number of ether oxygens (including phenoxy) is 1. The van der Waals surface area contributed by atoms with E-state index in [9.17, 15) is 9.59 Å². The first-order chi connectivity index (χ1) is 18.5. The van der Waals surface area contributed by atoms with Crippen molar-refractivity contribution in [3.8, 4) is 11.6 Å². The molecule has 5 rings (SSSR count). The Kier molecular flexibility index (Phi) is 7.35. The van der Waals surface area contributed by atoms with Crippen molar-refractivity contribution >= 4 is 23.2 Å². The minimum Gasteiger partial charge on any atom is -0.439 e. The van der Waals surface area contributed by atoms with Crippen LogP contribution in [0.25, 0.3) is 0 Å². The maximum atomic E-state index is 13.2. The van der Waals surface area contributed by atoms with E-state index in [4.69, 9.17) is 4.74 Å². The summed E-state index contributed by atoms with van der Waals surface area (Å²) in [6.07, 6.45) is 1.58. The number of rotatable bonds is 7. The van der Waals surface area contributed by atoms with Gasteiger partial charge in [-0.1, -0.05) is 30.3 Å². The number of amides is 2. The van der Waals surface area contributed by atoms with Crippen LogP contribution in [0.3, 0.4) is 0 Å². The van der Waals surface area contributed by atoms with Crippen molar-refractivity contribution in [1.82, 2.24) is 19.7 Å². The predicted octanol–water partition coefficient (Wildman–Crippen LogP) is 4.29. The summed E-state index contributed by atoms with van der Waals surface area (Å²) >= 11 is 0. The Morgan fingerprint density at radius 2 is 1.66 bits per heavy atom. The van der Waals surface area contributed by atoms with Crippen molar-refractivity contribution in [3.63, 3.8) is 0 Å². The van der Waals surface area contributed by atoms with Crippen molar-refractivity contribution in [2.75, 3.05) is 36.4 Å². The molecule has 9 nitrogen and oxygen atoms in total. The largest absolute Gasteiger partial charge is 0.439 e. The molecular weight excluding hydrogens is 480 g/mol. The monoisotopic (exact) mass is 510 g/mol. The average Bonchev–Trinajstić information content (AvgIpc) is 3.26. The molecule has 194 valence electrons. The maximum absolute atomic E-state index is 13.2. The lowest BCUT2D eigenvalue weighted by atomic mass is 10.1. The first-order valence-electron chi connectivity index (χ1n) is 12.6. The molecule has 1 aliphatic rings. The predicted molar refractivity (Wildman–Crippen MR) is 146 cm³/mol. The number of anilines is 2. The van der Waals surface area contributed by atoms with E-state index in [2.05, 4.69) is 20.3 Å². The van der Waals surface area contributed by atoms with E-state index in [0.717, 1.165) is 17.1 Å². The number of para-hydroxylation sites is 2. The van der Waals surface area contributed by atoms with E-state index in [0.29, 0.717) is 49.1 Å². The molecule has 1 saturated heterocycles. The molecule has 2 aromatic heterocycles. The Balaban J connectivity index is 1.19. The Hall–Kier alpha value is -4.66. The van der Waals surface area contributed by atoms with Gasteiger partial charge in [0.15, 0.2) is 0 Å². The van der Waals surface area contributed by atoms with Crippen LogP contribution >= 0.6 is 0 Å². The normalized spacial score (nSPS) is 13.3. The second-order valence-electron chi connectivity index (χ2n) is 9.22. The van der Waals surface area contributed by atoms with Gasteiger partial charge in [-0.25, -0.2) is 4.98 Å². The number of nitrogens with one attached hydrogen (secondary N) is 1. The van der Waals surface area contributed by atoms with Crippen LogP contribution in [0.15, 0.2) is 79.0 Å². The van der Waals surface area contributed by atoms with E-state index in [1.165, 1.54) is 0 Å². The van der Waals surface area contributed by atoms with Gasteiger partial charge in [-0.2, -0.15) is 5.10 Å². The molecule has 0 unspecified atom stereocenters. The van der Waals surface area contributed by atoms with Crippen LogP contribution in [0.1, 0.15) is 21.7 Å². The Morgan fingerprint density at radius 1 is 0.921 bits per heavy atom. The molecule has 9 heteroatoms.